The van der Waals surface area contributed by atoms with E-state index >= 15 is 0 Å². The first kappa shape index (κ1) is 15.0. The minimum atomic E-state index is -0.0497. The molecule has 21 heavy (non-hydrogen) atoms. The molecule has 0 aliphatic rings. The van der Waals surface area contributed by atoms with E-state index in [1.165, 1.54) is 0 Å². The molecule has 0 saturated carbocycles. The minimum absolute atomic E-state index is 0.0497. The molecule has 0 bridgehead atoms. The van der Waals surface area contributed by atoms with Gasteiger partial charge < -0.3 is 4.74 Å². The zero-order chi connectivity index (χ0) is 15.1. The van der Waals surface area contributed by atoms with Crippen LogP contribution in [0.1, 0.15) is 35.7 Å². The van der Waals surface area contributed by atoms with Crippen LogP contribution in [0.15, 0.2) is 42.7 Å². The monoisotopic (exact) mass is 284 g/mol. The van der Waals surface area contributed by atoms with Crippen molar-refractivity contribution < 1.29 is 9.53 Å². The Bertz CT molecular complexity index is 612. The topological polar surface area (TPSA) is 44.1 Å². The second-order valence-electron chi connectivity index (χ2n) is 4.87. The van der Waals surface area contributed by atoms with Crippen LogP contribution in [0.25, 0.3) is 6.08 Å². The zero-order valence-corrected chi connectivity index (χ0v) is 12.5. The first-order chi connectivity index (χ1) is 10.2. The lowest BCUT2D eigenvalue weighted by Gasteiger charge is -2.04. The maximum atomic E-state index is 11.9. The van der Waals surface area contributed by atoms with Crippen LogP contribution in [0.3, 0.4) is 0 Å². The van der Waals surface area contributed by atoms with Crippen molar-refractivity contribution in [3.8, 4) is 5.75 Å². The Hall–Kier alpha value is -2.36. The number of ketones is 1. The van der Waals surface area contributed by atoms with Crippen LogP contribution in [0.4, 0.5) is 0 Å². The van der Waals surface area contributed by atoms with E-state index in [4.69, 9.17) is 4.74 Å². The number of benzene rings is 1. The highest BCUT2D eigenvalue weighted by atomic mass is 16.5. The lowest BCUT2D eigenvalue weighted by Crippen LogP contribution is -1.96. The Morgan fingerprint density at radius 1 is 1.33 bits per heavy atom. The highest BCUT2D eigenvalue weighted by molar-refractivity contribution is 6.06. The highest BCUT2D eigenvalue weighted by Gasteiger charge is 2.03. The van der Waals surface area contributed by atoms with Gasteiger partial charge in [-0.25, -0.2) is 0 Å². The summed E-state index contributed by atoms with van der Waals surface area (Å²) in [5.74, 6) is 0.811. The van der Waals surface area contributed by atoms with Crippen LogP contribution in [0.2, 0.25) is 0 Å². The molecule has 110 valence electrons. The molecule has 4 heteroatoms. The van der Waals surface area contributed by atoms with Crippen LogP contribution in [0, 0.1) is 0 Å². The van der Waals surface area contributed by atoms with Gasteiger partial charge in [-0.2, -0.15) is 5.10 Å². The zero-order valence-electron chi connectivity index (χ0n) is 12.5. The summed E-state index contributed by atoms with van der Waals surface area (Å²) < 4.78 is 7.21. The summed E-state index contributed by atoms with van der Waals surface area (Å²) in [6.45, 7) is 2.88. The van der Waals surface area contributed by atoms with Gasteiger partial charge in [-0.05, 0) is 30.2 Å². The van der Waals surface area contributed by atoms with Crippen molar-refractivity contribution in [2.45, 2.75) is 19.8 Å². The molecule has 0 unspecified atom stereocenters. The van der Waals surface area contributed by atoms with E-state index in [0.29, 0.717) is 5.56 Å². The van der Waals surface area contributed by atoms with E-state index in [-0.39, 0.29) is 5.78 Å². The molecule has 4 nitrogen and oxygen atoms in total. The Kier molecular flexibility index (Phi) is 5.32. The maximum absolute atomic E-state index is 11.9. The SMILES string of the molecule is CCCCOc1ccc(/C=C/C(=O)c2cnn(C)c2)cc1. The van der Waals surface area contributed by atoms with Gasteiger partial charge in [0.05, 0.1) is 18.4 Å². The van der Waals surface area contributed by atoms with Crippen molar-refractivity contribution in [2.75, 3.05) is 6.61 Å². The molecule has 0 aliphatic carbocycles. The molecule has 2 rings (SSSR count). The molecule has 1 heterocycles. The summed E-state index contributed by atoms with van der Waals surface area (Å²) in [6.07, 6.45) is 8.81. The number of unbranched alkanes of at least 4 members (excludes halogenated alkanes) is 1. The number of allylic oxidation sites excluding steroid dienone is 1. The molecule has 2 aromatic rings. The second-order valence-corrected chi connectivity index (χ2v) is 4.87. The molecule has 1 aromatic heterocycles. The summed E-state index contributed by atoms with van der Waals surface area (Å²) in [7, 11) is 1.79. The van der Waals surface area contributed by atoms with Gasteiger partial charge in [-0.3, -0.25) is 9.48 Å². The van der Waals surface area contributed by atoms with Crippen molar-refractivity contribution in [3.63, 3.8) is 0 Å². The number of rotatable bonds is 7. The number of hydrogen-bond acceptors (Lipinski definition) is 3. The average molecular weight is 284 g/mol. The van der Waals surface area contributed by atoms with Gasteiger partial charge in [0, 0.05) is 13.2 Å². The smallest absolute Gasteiger partial charge is 0.189 e. The second kappa shape index (κ2) is 7.43. The number of carbonyl (C=O) groups is 1. The molecule has 0 spiro atoms. The highest BCUT2D eigenvalue weighted by Crippen LogP contribution is 2.14. The van der Waals surface area contributed by atoms with Crippen LogP contribution in [-0.2, 0) is 7.05 Å². The predicted molar refractivity (Wildman–Crippen MR) is 83.4 cm³/mol. The molecule has 0 aliphatic heterocycles. The summed E-state index contributed by atoms with van der Waals surface area (Å²) in [6, 6.07) is 7.72. The van der Waals surface area contributed by atoms with E-state index in [2.05, 4.69) is 12.0 Å². The third kappa shape index (κ3) is 4.60. The summed E-state index contributed by atoms with van der Waals surface area (Å²) in [5.41, 5.74) is 1.56. The fourth-order valence-electron chi connectivity index (χ4n) is 1.83. The van der Waals surface area contributed by atoms with Gasteiger partial charge in [0.1, 0.15) is 5.75 Å². The minimum Gasteiger partial charge on any atom is -0.494 e. The largest absolute Gasteiger partial charge is 0.494 e. The van der Waals surface area contributed by atoms with Crippen molar-refractivity contribution in [1.82, 2.24) is 9.78 Å². The molecule has 0 N–H and O–H groups in total. The van der Waals surface area contributed by atoms with E-state index in [1.807, 2.05) is 24.3 Å². The molecular formula is C17H20N2O2. The molecule has 0 saturated heterocycles. The number of ether oxygens (including phenoxy) is 1. The summed E-state index contributed by atoms with van der Waals surface area (Å²) in [4.78, 5) is 11.9. The molecule has 1 aromatic carbocycles. The molecule has 0 amide bonds. The fraction of sp³-hybridized carbons (Fsp3) is 0.294. The standard InChI is InChI=1S/C17H20N2O2/c1-3-4-11-21-16-8-5-14(6-9-16)7-10-17(20)15-12-18-19(2)13-15/h5-10,12-13H,3-4,11H2,1-2H3/b10-7+. The van der Waals surface area contributed by atoms with Crippen LogP contribution in [0.5, 0.6) is 5.75 Å². The normalized spacial score (nSPS) is 11.0. The Balaban J connectivity index is 1.93. The van der Waals surface area contributed by atoms with E-state index in [0.717, 1.165) is 30.8 Å². The third-order valence-electron chi connectivity index (χ3n) is 3.06. The quantitative estimate of drug-likeness (QED) is 0.444. The maximum Gasteiger partial charge on any atom is 0.189 e. The van der Waals surface area contributed by atoms with Crippen molar-refractivity contribution >= 4 is 11.9 Å². The molecular weight excluding hydrogens is 264 g/mol. The van der Waals surface area contributed by atoms with Crippen LogP contribution < -0.4 is 4.74 Å². The van der Waals surface area contributed by atoms with Gasteiger partial charge in [0.15, 0.2) is 5.78 Å². The number of carbonyl (C=O) groups excluding carboxylic acids is 1. The van der Waals surface area contributed by atoms with Gasteiger partial charge in [-0.15, -0.1) is 0 Å². The number of aromatic nitrogens is 2. The van der Waals surface area contributed by atoms with Crippen molar-refractivity contribution in [3.05, 3.63) is 53.9 Å². The van der Waals surface area contributed by atoms with Gasteiger partial charge in [0.25, 0.3) is 0 Å². The average Bonchev–Trinajstić information content (AvgIpc) is 2.93. The summed E-state index contributed by atoms with van der Waals surface area (Å²) in [5, 5.41) is 3.99. The van der Waals surface area contributed by atoms with Crippen LogP contribution >= 0.6 is 0 Å². The van der Waals surface area contributed by atoms with E-state index in [1.54, 1.807) is 36.3 Å². The lowest BCUT2D eigenvalue weighted by atomic mass is 10.1. The number of aryl methyl sites for hydroxylation is 1. The Morgan fingerprint density at radius 2 is 2.10 bits per heavy atom. The van der Waals surface area contributed by atoms with E-state index in [9.17, 15) is 4.79 Å². The van der Waals surface area contributed by atoms with Gasteiger partial charge in [0.2, 0.25) is 0 Å². The Labute approximate surface area is 125 Å². The van der Waals surface area contributed by atoms with Crippen molar-refractivity contribution in [2.24, 2.45) is 7.05 Å². The van der Waals surface area contributed by atoms with Crippen molar-refractivity contribution in [1.29, 1.82) is 0 Å². The molecule has 0 radical (unpaired) electrons. The summed E-state index contributed by atoms with van der Waals surface area (Å²) >= 11 is 0. The first-order valence-electron chi connectivity index (χ1n) is 7.13. The Morgan fingerprint density at radius 3 is 2.71 bits per heavy atom. The third-order valence-corrected chi connectivity index (χ3v) is 3.06. The number of nitrogens with zero attached hydrogens (tertiary/aromatic N) is 2. The first-order valence-corrected chi connectivity index (χ1v) is 7.13. The van der Waals surface area contributed by atoms with Gasteiger partial charge in [-0.1, -0.05) is 31.6 Å². The lowest BCUT2D eigenvalue weighted by molar-refractivity contribution is 0.104. The van der Waals surface area contributed by atoms with Crippen LogP contribution in [-0.4, -0.2) is 22.2 Å². The molecule has 0 atom stereocenters. The number of hydrogen-bond donors (Lipinski definition) is 0. The van der Waals surface area contributed by atoms with Gasteiger partial charge >= 0.3 is 0 Å². The predicted octanol–water partition coefficient (Wildman–Crippen LogP) is 3.50. The van der Waals surface area contributed by atoms with E-state index < -0.39 is 0 Å². The molecule has 0 fully saturated rings. The fourth-order valence-corrected chi connectivity index (χ4v) is 1.83.